The lowest BCUT2D eigenvalue weighted by atomic mass is 9.92. The van der Waals surface area contributed by atoms with Crippen molar-refractivity contribution < 1.29 is 46.9 Å². The Labute approximate surface area is 378 Å². The predicted octanol–water partition coefficient (Wildman–Crippen LogP) is 7.94. The number of ether oxygens (including phenoxy) is 4. The number of likely N-dealkylation sites (tertiary alicyclic amines) is 2. The van der Waals surface area contributed by atoms with Gasteiger partial charge in [0.25, 0.3) is 5.91 Å². The van der Waals surface area contributed by atoms with Gasteiger partial charge in [-0.05, 0) is 77.1 Å². The highest BCUT2D eigenvalue weighted by atomic mass is 19.3. The van der Waals surface area contributed by atoms with E-state index < -0.39 is 42.8 Å². The van der Waals surface area contributed by atoms with Crippen LogP contribution in [0.1, 0.15) is 74.0 Å². The monoisotopic (exact) mass is 904 g/mol. The fourth-order valence-corrected chi connectivity index (χ4v) is 9.51. The molecule has 2 fully saturated rings. The minimum Gasteiger partial charge on any atom is -0.488 e. The summed E-state index contributed by atoms with van der Waals surface area (Å²) in [5, 5.41) is 7.08. The Morgan fingerprint density at radius 1 is 0.879 bits per heavy atom. The number of fused-ring (bicyclic) bond motifs is 6. The van der Waals surface area contributed by atoms with E-state index in [1.807, 2.05) is 42.5 Å². The van der Waals surface area contributed by atoms with Gasteiger partial charge in [-0.2, -0.15) is 8.78 Å². The topological polar surface area (TPSA) is 193 Å². The second kappa shape index (κ2) is 18.4. The molecule has 4 amide bonds. The number of imidazole rings is 2. The van der Waals surface area contributed by atoms with Crippen LogP contribution in [-0.4, -0.2) is 100 Å². The summed E-state index contributed by atoms with van der Waals surface area (Å²) < 4.78 is 46.9. The van der Waals surface area contributed by atoms with E-state index in [9.17, 15) is 28.0 Å². The molecule has 2 saturated heterocycles. The number of nitrogens with one attached hydrogen (secondary N) is 4. The van der Waals surface area contributed by atoms with Crippen molar-refractivity contribution in [2.75, 3.05) is 33.9 Å². The molecule has 0 bridgehead atoms. The fourth-order valence-electron chi connectivity index (χ4n) is 9.51. The van der Waals surface area contributed by atoms with Crippen LogP contribution >= 0.6 is 0 Å². The van der Waals surface area contributed by atoms with Crippen molar-refractivity contribution in [2.45, 2.75) is 70.5 Å². The van der Waals surface area contributed by atoms with Gasteiger partial charge in [-0.15, -0.1) is 0 Å². The molecule has 4 N–H and O–H groups in total. The third kappa shape index (κ3) is 8.59. The number of carbonyl (C=O) groups excluding carboxylic acids is 4. The van der Waals surface area contributed by atoms with Crippen molar-refractivity contribution >= 4 is 45.8 Å². The molecule has 5 atom stereocenters. The van der Waals surface area contributed by atoms with E-state index in [2.05, 4.69) is 43.5 Å². The maximum atomic E-state index is 14.1. The molecule has 16 nitrogen and oxygen atoms in total. The van der Waals surface area contributed by atoms with Crippen molar-refractivity contribution in [1.29, 1.82) is 0 Å². The minimum absolute atomic E-state index is 0.136. The Bertz CT molecular complexity index is 2800. The van der Waals surface area contributed by atoms with E-state index in [0.717, 1.165) is 50.7 Å². The molecule has 2 aromatic heterocycles. The number of alkyl carbamates (subject to hydrolysis) is 2. The highest BCUT2D eigenvalue weighted by Crippen LogP contribution is 2.44. The zero-order chi connectivity index (χ0) is 46.2. The molecule has 18 heteroatoms. The van der Waals surface area contributed by atoms with Crippen molar-refractivity contribution in [3.63, 3.8) is 0 Å². The summed E-state index contributed by atoms with van der Waals surface area (Å²) in [5.74, 6) is 0.514. The number of carbonyl (C=O) groups is 4. The first-order valence-corrected chi connectivity index (χ1v) is 21.9. The standard InChI is InChI=1S/C48H50F2N8O8/c1-25(2)39(55-47(61)63-3)44(59)58-22-26(23-66-46(49)50)17-37(58)43-52-34-15-13-28-19-33-31-14-12-29(18-30(31)24-65-38(33)20-32(28)41(34)54-43)35-21-51-42(53-35)36-11-8-16-57(36)45(60)40(56-48(62)64-4)27-9-6-5-7-10-27/h5-7,9-10,12-15,18-21,25-26,36-37,39-40,46H,8,11,16-17,22-24H2,1-4H3,(H,51,53)(H,52,54)(H,55,61)(H,56,62)/t26-,36?,37?,39-,40+/m0/s1. The number of benzene rings is 4. The Balaban J connectivity index is 0.967. The van der Waals surface area contributed by atoms with Gasteiger partial charge in [-0.3, -0.25) is 9.59 Å². The Hall–Kier alpha value is -7.08. The Kier molecular flexibility index (Phi) is 12.3. The summed E-state index contributed by atoms with van der Waals surface area (Å²) in [7, 11) is 2.48. The van der Waals surface area contributed by atoms with Crippen LogP contribution in [0, 0.1) is 11.8 Å². The molecule has 3 aliphatic heterocycles. The van der Waals surface area contributed by atoms with Crippen LogP contribution in [-0.2, 0) is 30.4 Å². The molecule has 344 valence electrons. The molecule has 66 heavy (non-hydrogen) atoms. The average Bonchev–Trinajstić information content (AvgIpc) is 4.17. The molecule has 0 radical (unpaired) electrons. The largest absolute Gasteiger partial charge is 0.488 e. The van der Waals surface area contributed by atoms with Gasteiger partial charge in [0.15, 0.2) is 0 Å². The number of hydrogen-bond donors (Lipinski definition) is 4. The molecule has 5 heterocycles. The predicted molar refractivity (Wildman–Crippen MR) is 238 cm³/mol. The fraction of sp³-hybridized carbons (Fsp3) is 0.375. The number of hydrogen-bond acceptors (Lipinski definition) is 10. The lowest BCUT2D eigenvalue weighted by Crippen LogP contribution is -2.51. The highest BCUT2D eigenvalue weighted by molar-refractivity contribution is 6.07. The third-order valence-electron chi connectivity index (χ3n) is 12.8. The first-order valence-electron chi connectivity index (χ1n) is 21.9. The van der Waals surface area contributed by atoms with Gasteiger partial charge >= 0.3 is 18.8 Å². The van der Waals surface area contributed by atoms with Gasteiger partial charge in [0.1, 0.15) is 36.1 Å². The van der Waals surface area contributed by atoms with Crippen LogP contribution in [0.5, 0.6) is 5.75 Å². The zero-order valence-electron chi connectivity index (χ0n) is 36.8. The van der Waals surface area contributed by atoms with Gasteiger partial charge < -0.3 is 49.3 Å². The molecule has 0 saturated carbocycles. The third-order valence-corrected chi connectivity index (χ3v) is 12.8. The van der Waals surface area contributed by atoms with Crippen LogP contribution in [0.3, 0.4) is 0 Å². The molecule has 4 aromatic carbocycles. The summed E-state index contributed by atoms with van der Waals surface area (Å²) in [6, 6.07) is 20.5. The summed E-state index contributed by atoms with van der Waals surface area (Å²) in [6.07, 6.45) is 2.13. The van der Waals surface area contributed by atoms with Gasteiger partial charge in [-0.1, -0.05) is 62.4 Å². The lowest BCUT2D eigenvalue weighted by molar-refractivity contribution is -0.139. The molecule has 0 aliphatic carbocycles. The van der Waals surface area contributed by atoms with E-state index in [4.69, 9.17) is 24.2 Å². The maximum absolute atomic E-state index is 14.1. The van der Waals surface area contributed by atoms with Crippen molar-refractivity contribution in [2.24, 2.45) is 11.8 Å². The molecule has 3 aliphatic rings. The Morgan fingerprint density at radius 3 is 2.42 bits per heavy atom. The molecule has 0 spiro atoms. The number of rotatable bonds is 12. The molecular weight excluding hydrogens is 855 g/mol. The maximum Gasteiger partial charge on any atom is 0.407 e. The summed E-state index contributed by atoms with van der Waals surface area (Å²) >= 11 is 0. The van der Waals surface area contributed by atoms with E-state index in [0.29, 0.717) is 54.5 Å². The van der Waals surface area contributed by atoms with E-state index in [-0.39, 0.29) is 36.9 Å². The summed E-state index contributed by atoms with van der Waals surface area (Å²) in [4.78, 5) is 72.6. The van der Waals surface area contributed by atoms with Crippen molar-refractivity contribution in [1.82, 2.24) is 40.4 Å². The number of aromatic nitrogens is 4. The van der Waals surface area contributed by atoms with Gasteiger partial charge in [0, 0.05) is 30.0 Å². The highest BCUT2D eigenvalue weighted by Gasteiger charge is 2.42. The SMILES string of the molecule is COC(=O)N[C@H](C(=O)N1C[C@@H](COC(F)F)CC1c1nc2c(ccc3cc4c(cc32)OCc2cc(-c3cnc(C5CCCN5C(=O)[C@H](NC(=O)OC)c5ccccc5)[nH]3)ccc2-4)[nH]1)C(C)C. The van der Waals surface area contributed by atoms with Crippen LogP contribution in [0.15, 0.2) is 79.0 Å². The van der Waals surface area contributed by atoms with Crippen LogP contribution in [0.2, 0.25) is 0 Å². The van der Waals surface area contributed by atoms with Crippen LogP contribution in [0.4, 0.5) is 18.4 Å². The van der Waals surface area contributed by atoms with E-state index in [1.54, 1.807) is 42.0 Å². The van der Waals surface area contributed by atoms with Crippen LogP contribution in [0.25, 0.3) is 44.2 Å². The zero-order valence-corrected chi connectivity index (χ0v) is 36.8. The Morgan fingerprint density at radius 2 is 1.67 bits per heavy atom. The quantitative estimate of drug-likeness (QED) is 0.0937. The second-order valence-corrected chi connectivity index (χ2v) is 17.2. The normalized spacial score (nSPS) is 18.8. The van der Waals surface area contributed by atoms with Crippen molar-refractivity contribution in [3.05, 3.63) is 102 Å². The smallest absolute Gasteiger partial charge is 0.407 e. The van der Waals surface area contributed by atoms with Gasteiger partial charge in [0.2, 0.25) is 5.91 Å². The summed E-state index contributed by atoms with van der Waals surface area (Å²) in [6.45, 7) is 1.37. The first kappa shape index (κ1) is 44.1. The summed E-state index contributed by atoms with van der Waals surface area (Å²) in [5.41, 5.74) is 6.64. The first-order chi connectivity index (χ1) is 31.9. The number of H-pyrrole nitrogens is 2. The van der Waals surface area contributed by atoms with E-state index in [1.165, 1.54) is 14.2 Å². The number of halogens is 2. The lowest BCUT2D eigenvalue weighted by Gasteiger charge is -2.30. The molecule has 9 rings (SSSR count). The average molecular weight is 905 g/mol. The number of alkyl halides is 2. The molecular formula is C48H50F2N8O8. The van der Waals surface area contributed by atoms with Gasteiger partial charge in [0.05, 0.1) is 55.8 Å². The number of aromatic amines is 2. The number of methoxy groups -OCH3 is 2. The van der Waals surface area contributed by atoms with E-state index >= 15 is 0 Å². The minimum atomic E-state index is -2.95. The molecule has 2 unspecified atom stereocenters. The number of nitrogens with zero attached hydrogens (tertiary/aromatic N) is 4. The van der Waals surface area contributed by atoms with Crippen molar-refractivity contribution in [3.8, 4) is 28.1 Å². The molecule has 6 aromatic rings. The second-order valence-electron chi connectivity index (χ2n) is 17.2. The van der Waals surface area contributed by atoms with Crippen LogP contribution < -0.4 is 15.4 Å². The number of amides is 4. The van der Waals surface area contributed by atoms with Gasteiger partial charge in [-0.25, -0.2) is 19.6 Å².